The van der Waals surface area contributed by atoms with Crippen LogP contribution >= 0.6 is 0 Å². The van der Waals surface area contributed by atoms with Crippen LogP contribution in [-0.4, -0.2) is 17.9 Å². The first-order valence-corrected chi connectivity index (χ1v) is 7.41. The predicted molar refractivity (Wildman–Crippen MR) is 86.9 cm³/mol. The van der Waals surface area contributed by atoms with E-state index in [4.69, 9.17) is 4.74 Å². The molecular weight excluding hydrogens is 276 g/mol. The van der Waals surface area contributed by atoms with Gasteiger partial charge in [-0.05, 0) is 36.1 Å². The highest BCUT2D eigenvalue weighted by atomic mass is 16.5. The highest BCUT2D eigenvalue weighted by Gasteiger charge is 2.31. The maximum Gasteiger partial charge on any atom is 0.165 e. The van der Waals surface area contributed by atoms with Gasteiger partial charge >= 0.3 is 0 Å². The van der Waals surface area contributed by atoms with Gasteiger partial charge in [0, 0.05) is 23.7 Å². The minimum atomic E-state index is -0.0221. The van der Waals surface area contributed by atoms with Crippen molar-refractivity contribution in [2.75, 3.05) is 12.4 Å². The number of carbonyl (C=O) groups excluding carboxylic acids is 1. The van der Waals surface area contributed by atoms with Crippen molar-refractivity contribution in [3.05, 3.63) is 47.7 Å². The second-order valence-electron chi connectivity index (χ2n) is 6.49. The summed E-state index contributed by atoms with van der Waals surface area (Å²) in [6, 6.07) is 11.4. The molecule has 0 saturated heterocycles. The van der Waals surface area contributed by atoms with Gasteiger partial charge in [-0.3, -0.25) is 4.79 Å². The molecule has 2 aromatic rings. The summed E-state index contributed by atoms with van der Waals surface area (Å²) in [6.07, 6.45) is 1.41. The Hall–Kier alpha value is -2.36. The van der Waals surface area contributed by atoms with E-state index in [1.54, 1.807) is 7.11 Å². The molecule has 0 unspecified atom stereocenters. The number of benzene rings is 1. The number of rotatable bonds is 3. The zero-order chi connectivity index (χ0) is 15.7. The zero-order valence-corrected chi connectivity index (χ0v) is 13.1. The van der Waals surface area contributed by atoms with Crippen LogP contribution < -0.4 is 10.1 Å². The van der Waals surface area contributed by atoms with E-state index in [1.165, 1.54) is 0 Å². The van der Waals surface area contributed by atoms with E-state index in [1.807, 2.05) is 36.4 Å². The molecule has 3 rings (SSSR count). The van der Waals surface area contributed by atoms with Crippen molar-refractivity contribution in [2.45, 2.75) is 26.7 Å². The average Bonchev–Trinajstić information content (AvgIpc) is 2.46. The van der Waals surface area contributed by atoms with Gasteiger partial charge in [0.25, 0.3) is 0 Å². The number of anilines is 2. The van der Waals surface area contributed by atoms with Gasteiger partial charge in [0.05, 0.1) is 12.8 Å². The van der Waals surface area contributed by atoms with Gasteiger partial charge < -0.3 is 10.1 Å². The number of hydrogen-bond donors (Lipinski definition) is 1. The molecule has 1 N–H and O–H groups in total. The van der Waals surface area contributed by atoms with E-state index in [0.717, 1.165) is 34.9 Å². The van der Waals surface area contributed by atoms with E-state index >= 15 is 0 Å². The smallest absolute Gasteiger partial charge is 0.165 e. The summed E-state index contributed by atoms with van der Waals surface area (Å²) >= 11 is 0. The second-order valence-corrected chi connectivity index (χ2v) is 6.49. The maximum atomic E-state index is 12.2. The van der Waals surface area contributed by atoms with E-state index in [9.17, 15) is 4.79 Å². The summed E-state index contributed by atoms with van der Waals surface area (Å²) in [5, 5.41) is 3.27. The van der Waals surface area contributed by atoms with Gasteiger partial charge in [0.15, 0.2) is 5.78 Å². The first-order valence-electron chi connectivity index (χ1n) is 7.41. The first-order chi connectivity index (χ1) is 10.5. The normalized spacial score (nSPS) is 16.0. The van der Waals surface area contributed by atoms with Gasteiger partial charge in [0.2, 0.25) is 0 Å². The average molecular weight is 296 g/mol. The van der Waals surface area contributed by atoms with Crippen molar-refractivity contribution in [3.8, 4) is 5.75 Å². The lowest BCUT2D eigenvalue weighted by atomic mass is 9.76. The van der Waals surface area contributed by atoms with Crippen molar-refractivity contribution in [1.82, 2.24) is 4.98 Å². The van der Waals surface area contributed by atoms with Gasteiger partial charge in [-0.25, -0.2) is 4.98 Å². The van der Waals surface area contributed by atoms with E-state index < -0.39 is 0 Å². The van der Waals surface area contributed by atoms with Crippen LogP contribution in [0.4, 0.5) is 11.5 Å². The number of nitrogens with zero attached hydrogens (tertiary/aromatic N) is 1. The molecular formula is C18H20N2O2. The minimum absolute atomic E-state index is 0.0221. The van der Waals surface area contributed by atoms with Gasteiger partial charge in [-0.2, -0.15) is 0 Å². The fourth-order valence-corrected chi connectivity index (χ4v) is 2.85. The van der Waals surface area contributed by atoms with Gasteiger partial charge in [-0.15, -0.1) is 0 Å². The Morgan fingerprint density at radius 2 is 2.00 bits per heavy atom. The molecule has 114 valence electrons. The minimum Gasteiger partial charge on any atom is -0.497 e. The molecule has 0 amide bonds. The fraction of sp³-hybridized carbons (Fsp3) is 0.333. The van der Waals surface area contributed by atoms with Crippen molar-refractivity contribution in [3.63, 3.8) is 0 Å². The van der Waals surface area contributed by atoms with Gasteiger partial charge in [-0.1, -0.05) is 19.9 Å². The Labute approximate surface area is 130 Å². The highest BCUT2D eigenvalue weighted by molar-refractivity contribution is 5.98. The Balaban J connectivity index is 1.89. The van der Waals surface area contributed by atoms with Gasteiger partial charge in [0.1, 0.15) is 11.6 Å². The standard InChI is InChI=1S/C18H20N2O2/c1-18(2)10-15-14(16(21)11-18)7-8-17(20-15)19-12-5-4-6-13(9-12)22-3/h4-9H,10-11H2,1-3H3,(H,19,20). The third kappa shape index (κ3) is 2.96. The molecule has 0 radical (unpaired) electrons. The number of Topliss-reactive ketones (excluding diaryl/α,β-unsaturated/α-hetero) is 1. The number of nitrogens with one attached hydrogen (secondary N) is 1. The zero-order valence-electron chi connectivity index (χ0n) is 13.1. The van der Waals surface area contributed by atoms with E-state index in [2.05, 4.69) is 24.1 Å². The molecule has 1 aromatic heterocycles. The molecule has 4 heteroatoms. The van der Waals surface area contributed by atoms with Crippen molar-refractivity contribution in [2.24, 2.45) is 5.41 Å². The third-order valence-electron chi connectivity index (χ3n) is 3.90. The van der Waals surface area contributed by atoms with Crippen molar-refractivity contribution >= 4 is 17.3 Å². The fourth-order valence-electron chi connectivity index (χ4n) is 2.85. The van der Waals surface area contributed by atoms with Crippen molar-refractivity contribution < 1.29 is 9.53 Å². The molecule has 22 heavy (non-hydrogen) atoms. The summed E-state index contributed by atoms with van der Waals surface area (Å²) in [5.41, 5.74) is 2.53. The summed E-state index contributed by atoms with van der Waals surface area (Å²) < 4.78 is 5.22. The maximum absolute atomic E-state index is 12.2. The molecule has 1 heterocycles. The number of aromatic nitrogens is 1. The molecule has 0 spiro atoms. The molecule has 1 aliphatic rings. The van der Waals surface area contributed by atoms with Crippen LogP contribution in [0, 0.1) is 5.41 Å². The topological polar surface area (TPSA) is 51.2 Å². The summed E-state index contributed by atoms with van der Waals surface area (Å²) in [6.45, 7) is 4.22. The Morgan fingerprint density at radius 3 is 2.77 bits per heavy atom. The first kappa shape index (κ1) is 14.6. The van der Waals surface area contributed by atoms with Crippen LogP contribution in [0.2, 0.25) is 0 Å². The quantitative estimate of drug-likeness (QED) is 0.930. The third-order valence-corrected chi connectivity index (χ3v) is 3.90. The van der Waals surface area contributed by atoms with E-state index in [-0.39, 0.29) is 11.2 Å². The molecule has 0 bridgehead atoms. The molecule has 0 aliphatic heterocycles. The second kappa shape index (κ2) is 5.44. The number of fused-ring (bicyclic) bond motifs is 1. The lowest BCUT2D eigenvalue weighted by Gasteiger charge is -2.29. The number of carbonyl (C=O) groups is 1. The molecule has 0 fully saturated rings. The lowest BCUT2D eigenvalue weighted by Crippen LogP contribution is -2.27. The van der Waals surface area contributed by atoms with Crippen LogP contribution in [0.25, 0.3) is 0 Å². The molecule has 1 aromatic carbocycles. The monoisotopic (exact) mass is 296 g/mol. The number of pyridine rings is 1. The lowest BCUT2D eigenvalue weighted by molar-refractivity contribution is 0.0910. The number of ketones is 1. The number of hydrogen-bond acceptors (Lipinski definition) is 4. The predicted octanol–water partition coefficient (Wildman–Crippen LogP) is 3.99. The Kier molecular flexibility index (Phi) is 3.61. The molecule has 0 atom stereocenters. The van der Waals surface area contributed by atoms with Crippen molar-refractivity contribution in [1.29, 1.82) is 0 Å². The van der Waals surface area contributed by atoms with Crippen LogP contribution in [0.15, 0.2) is 36.4 Å². The van der Waals surface area contributed by atoms with Crippen LogP contribution in [0.1, 0.15) is 36.3 Å². The summed E-state index contributed by atoms with van der Waals surface area (Å²) in [4.78, 5) is 16.8. The summed E-state index contributed by atoms with van der Waals surface area (Å²) in [5.74, 6) is 1.73. The molecule has 1 aliphatic carbocycles. The molecule has 4 nitrogen and oxygen atoms in total. The number of methoxy groups -OCH3 is 1. The number of ether oxygens (including phenoxy) is 1. The van der Waals surface area contributed by atoms with Crippen LogP contribution in [0.3, 0.4) is 0 Å². The Bertz CT molecular complexity index is 723. The SMILES string of the molecule is COc1cccc(Nc2ccc3c(n2)CC(C)(C)CC3=O)c1. The van der Waals surface area contributed by atoms with Crippen LogP contribution in [-0.2, 0) is 6.42 Å². The largest absolute Gasteiger partial charge is 0.497 e. The Morgan fingerprint density at radius 1 is 1.18 bits per heavy atom. The molecule has 0 saturated carbocycles. The van der Waals surface area contributed by atoms with Crippen LogP contribution in [0.5, 0.6) is 5.75 Å². The highest BCUT2D eigenvalue weighted by Crippen LogP contribution is 2.34. The summed E-state index contributed by atoms with van der Waals surface area (Å²) in [7, 11) is 1.64. The van der Waals surface area contributed by atoms with E-state index in [0.29, 0.717) is 6.42 Å².